The number of rotatable bonds is 4. The van der Waals surface area contributed by atoms with Crippen LogP contribution in [-0.2, 0) is 0 Å². The minimum absolute atomic E-state index is 0.131. The molecule has 4 aliphatic rings. The molecule has 0 heterocycles. The minimum atomic E-state index is 0.131. The average Bonchev–Trinajstić information content (AvgIpc) is 2.54. The van der Waals surface area contributed by atoms with Crippen LogP contribution in [0.1, 0.15) is 44.1 Å². The quantitative estimate of drug-likeness (QED) is 0.495. The molecule has 1 aromatic rings. The highest BCUT2D eigenvalue weighted by molar-refractivity contribution is 6.02. The van der Waals surface area contributed by atoms with Crippen molar-refractivity contribution in [1.29, 1.82) is 0 Å². The van der Waals surface area contributed by atoms with E-state index in [0.717, 1.165) is 34.8 Å². The summed E-state index contributed by atoms with van der Waals surface area (Å²) in [6.07, 6.45) is 11.9. The molecule has 0 radical (unpaired) electrons. The van der Waals surface area contributed by atoms with Crippen molar-refractivity contribution in [3.8, 4) is 5.75 Å². The second kappa shape index (κ2) is 5.70. The number of ether oxygens (including phenoxy) is 1. The number of hydrogen-bond acceptors (Lipinski definition) is 3. The summed E-state index contributed by atoms with van der Waals surface area (Å²) in [5.74, 6) is 3.42. The zero-order valence-corrected chi connectivity index (χ0v) is 13.7. The second-order valence-corrected chi connectivity index (χ2v) is 7.79. The maximum atomic E-state index is 9.66. The summed E-state index contributed by atoms with van der Waals surface area (Å²) in [5.41, 5.74) is 2.14. The lowest BCUT2D eigenvalue weighted by molar-refractivity contribution is -0.0131. The van der Waals surface area contributed by atoms with E-state index in [-0.39, 0.29) is 5.41 Å². The van der Waals surface area contributed by atoms with Crippen LogP contribution in [0.15, 0.2) is 35.5 Å². The molecule has 0 aliphatic heterocycles. The van der Waals surface area contributed by atoms with Gasteiger partial charge in [-0.15, -0.1) is 0 Å². The largest absolute Gasteiger partial charge is 0.497 e. The summed E-state index contributed by atoms with van der Waals surface area (Å²) in [4.78, 5) is 0. The first-order valence-corrected chi connectivity index (χ1v) is 8.75. The van der Waals surface area contributed by atoms with Crippen LogP contribution in [0.4, 0.5) is 0 Å². The number of methoxy groups -OCH3 is 1. The molecule has 0 aromatic heterocycles. The van der Waals surface area contributed by atoms with Crippen molar-refractivity contribution in [2.45, 2.75) is 38.5 Å². The van der Waals surface area contributed by atoms with Gasteiger partial charge in [-0.1, -0.05) is 23.4 Å². The summed E-state index contributed by atoms with van der Waals surface area (Å²) in [5, 5.41) is 13.4. The summed E-state index contributed by atoms with van der Waals surface area (Å²) < 4.78 is 5.19. The Labute approximate surface area is 138 Å². The van der Waals surface area contributed by atoms with Gasteiger partial charge in [-0.2, -0.15) is 0 Å². The Bertz CT molecular complexity index is 594. The van der Waals surface area contributed by atoms with Crippen LogP contribution in [0.2, 0.25) is 0 Å². The summed E-state index contributed by atoms with van der Waals surface area (Å²) in [7, 11) is 1.68. The first-order chi connectivity index (χ1) is 11.2. The van der Waals surface area contributed by atoms with Gasteiger partial charge in [0.05, 0.1) is 12.8 Å². The third kappa shape index (κ3) is 2.66. The van der Waals surface area contributed by atoms with Gasteiger partial charge in [0.2, 0.25) is 0 Å². The Kier molecular flexibility index (Phi) is 3.67. The van der Waals surface area contributed by atoms with Crippen molar-refractivity contribution >= 4 is 11.8 Å². The first-order valence-electron chi connectivity index (χ1n) is 8.75. The molecule has 0 amide bonds. The Morgan fingerprint density at radius 1 is 1.09 bits per heavy atom. The van der Waals surface area contributed by atoms with Gasteiger partial charge in [0.15, 0.2) is 0 Å². The van der Waals surface area contributed by atoms with E-state index in [1.165, 1.54) is 38.5 Å². The summed E-state index contributed by atoms with van der Waals surface area (Å²) in [6, 6.07) is 7.98. The SMILES string of the molecule is COc1ccc(C=CC(=NO)C23CC4CC(CC(C4)C2)C3)cc1. The maximum absolute atomic E-state index is 9.66. The highest BCUT2D eigenvalue weighted by Gasteiger charge is 2.52. The minimum Gasteiger partial charge on any atom is -0.497 e. The number of benzene rings is 1. The third-order valence-corrected chi connectivity index (χ3v) is 6.24. The Hall–Kier alpha value is -1.77. The molecule has 4 fully saturated rings. The summed E-state index contributed by atoms with van der Waals surface area (Å²) in [6.45, 7) is 0. The fraction of sp³-hybridized carbons (Fsp3) is 0.550. The van der Waals surface area contributed by atoms with Gasteiger partial charge in [0.25, 0.3) is 0 Å². The molecule has 0 unspecified atom stereocenters. The molecule has 3 heteroatoms. The number of hydrogen-bond donors (Lipinski definition) is 1. The van der Waals surface area contributed by atoms with Gasteiger partial charge in [0.1, 0.15) is 5.75 Å². The predicted octanol–water partition coefficient (Wildman–Crippen LogP) is 4.76. The molecule has 1 aromatic carbocycles. The molecule has 1 N–H and O–H groups in total. The lowest BCUT2D eigenvalue weighted by Crippen LogP contribution is -2.49. The van der Waals surface area contributed by atoms with Crippen molar-refractivity contribution in [1.82, 2.24) is 0 Å². The van der Waals surface area contributed by atoms with Crippen LogP contribution in [0, 0.1) is 23.2 Å². The molecule has 4 saturated carbocycles. The van der Waals surface area contributed by atoms with E-state index >= 15 is 0 Å². The molecule has 4 aliphatic carbocycles. The molecule has 0 atom stereocenters. The monoisotopic (exact) mass is 311 g/mol. The molecular formula is C20H25NO2. The van der Waals surface area contributed by atoms with Crippen LogP contribution >= 0.6 is 0 Å². The standard InChI is InChI=1S/C20H25NO2/c1-23-18-5-2-14(3-6-18)4-7-19(21-22)20-11-15-8-16(12-20)10-17(9-15)13-20/h2-7,15-17,22H,8-13H2,1H3. The molecular weight excluding hydrogens is 286 g/mol. The molecule has 5 rings (SSSR count). The van der Waals surface area contributed by atoms with Crippen molar-refractivity contribution in [2.24, 2.45) is 28.3 Å². The fourth-order valence-corrected chi connectivity index (χ4v) is 5.63. The van der Waals surface area contributed by atoms with E-state index in [9.17, 15) is 5.21 Å². The van der Waals surface area contributed by atoms with Crippen LogP contribution in [-0.4, -0.2) is 18.0 Å². The Balaban J connectivity index is 1.55. The lowest BCUT2D eigenvalue weighted by atomic mass is 9.48. The van der Waals surface area contributed by atoms with Crippen LogP contribution in [0.25, 0.3) is 6.08 Å². The molecule has 0 saturated heterocycles. The topological polar surface area (TPSA) is 41.8 Å². The zero-order chi connectivity index (χ0) is 15.9. The van der Waals surface area contributed by atoms with Crippen LogP contribution in [0.3, 0.4) is 0 Å². The number of allylic oxidation sites excluding steroid dienone is 1. The van der Waals surface area contributed by atoms with Gasteiger partial charge < -0.3 is 9.94 Å². The number of oxime groups is 1. The van der Waals surface area contributed by atoms with Gasteiger partial charge in [0, 0.05) is 5.41 Å². The molecule has 4 bridgehead atoms. The lowest BCUT2D eigenvalue weighted by Gasteiger charge is -2.56. The van der Waals surface area contributed by atoms with E-state index in [1.807, 2.05) is 30.3 Å². The maximum Gasteiger partial charge on any atom is 0.118 e. The van der Waals surface area contributed by atoms with E-state index in [2.05, 4.69) is 11.2 Å². The highest BCUT2D eigenvalue weighted by atomic mass is 16.5. The van der Waals surface area contributed by atoms with Crippen LogP contribution in [0.5, 0.6) is 5.75 Å². The second-order valence-electron chi connectivity index (χ2n) is 7.79. The number of nitrogens with zero attached hydrogens (tertiary/aromatic N) is 1. The van der Waals surface area contributed by atoms with Crippen LogP contribution < -0.4 is 4.74 Å². The van der Waals surface area contributed by atoms with Crippen molar-refractivity contribution in [3.05, 3.63) is 35.9 Å². The van der Waals surface area contributed by atoms with Gasteiger partial charge in [-0.05, 0) is 80.1 Å². The van der Waals surface area contributed by atoms with Gasteiger partial charge >= 0.3 is 0 Å². The van der Waals surface area contributed by atoms with Crippen molar-refractivity contribution in [2.75, 3.05) is 7.11 Å². The molecule has 23 heavy (non-hydrogen) atoms. The van der Waals surface area contributed by atoms with E-state index in [4.69, 9.17) is 4.74 Å². The van der Waals surface area contributed by atoms with Gasteiger partial charge in [-0.25, -0.2) is 0 Å². The highest BCUT2D eigenvalue weighted by Crippen LogP contribution is 2.60. The van der Waals surface area contributed by atoms with E-state index in [1.54, 1.807) is 7.11 Å². The van der Waals surface area contributed by atoms with Crippen molar-refractivity contribution < 1.29 is 9.94 Å². The fourth-order valence-electron chi connectivity index (χ4n) is 5.63. The predicted molar refractivity (Wildman–Crippen MR) is 91.9 cm³/mol. The normalized spacial score (nSPS) is 35.9. The summed E-state index contributed by atoms with van der Waals surface area (Å²) >= 11 is 0. The third-order valence-electron chi connectivity index (χ3n) is 6.24. The average molecular weight is 311 g/mol. The molecule has 3 nitrogen and oxygen atoms in total. The van der Waals surface area contributed by atoms with E-state index in [0.29, 0.717) is 0 Å². The Morgan fingerprint density at radius 2 is 1.65 bits per heavy atom. The van der Waals surface area contributed by atoms with E-state index < -0.39 is 0 Å². The first kappa shape index (κ1) is 14.8. The molecule has 0 spiro atoms. The molecule has 122 valence electrons. The Morgan fingerprint density at radius 3 is 2.13 bits per heavy atom. The smallest absolute Gasteiger partial charge is 0.118 e. The van der Waals surface area contributed by atoms with Crippen molar-refractivity contribution in [3.63, 3.8) is 0 Å². The van der Waals surface area contributed by atoms with Gasteiger partial charge in [-0.3, -0.25) is 0 Å². The zero-order valence-electron chi connectivity index (χ0n) is 13.7.